The number of benzene rings is 1. The number of amides is 2. The van der Waals surface area contributed by atoms with E-state index >= 15 is 0 Å². The highest BCUT2D eigenvalue weighted by Crippen LogP contribution is 2.32. The third kappa shape index (κ3) is 4.28. The molecule has 0 aromatic heterocycles. The minimum Gasteiger partial charge on any atom is -0.352 e. The molecule has 0 saturated carbocycles. The summed E-state index contributed by atoms with van der Waals surface area (Å²) in [6.45, 7) is 5.87. The second-order valence-corrected chi connectivity index (χ2v) is 8.95. The molecule has 2 aliphatic heterocycles. The van der Waals surface area contributed by atoms with E-state index in [9.17, 15) is 18.0 Å². The van der Waals surface area contributed by atoms with E-state index in [0.29, 0.717) is 12.5 Å². The predicted molar refractivity (Wildman–Crippen MR) is 105 cm³/mol. The lowest BCUT2D eigenvalue weighted by atomic mass is 9.96. The van der Waals surface area contributed by atoms with Crippen LogP contribution in [-0.2, 0) is 10.0 Å². The van der Waals surface area contributed by atoms with Crippen molar-refractivity contribution in [3.05, 3.63) is 29.3 Å². The molecular weight excluding hydrogens is 390 g/mol. The lowest BCUT2D eigenvalue weighted by Crippen LogP contribution is -2.36. The summed E-state index contributed by atoms with van der Waals surface area (Å²) in [4.78, 5) is 24.6. The lowest BCUT2D eigenvalue weighted by molar-refractivity contribution is 0.0845. The minimum atomic E-state index is -3.89. The molecule has 1 atom stereocenters. The summed E-state index contributed by atoms with van der Waals surface area (Å²) in [6.07, 6.45) is 3.20. The zero-order chi connectivity index (χ0) is 18.9. The fourth-order valence-electron chi connectivity index (χ4n) is 3.56. The van der Waals surface area contributed by atoms with Crippen LogP contribution in [0.15, 0.2) is 23.1 Å². The first-order valence-corrected chi connectivity index (χ1v) is 10.5. The standard InChI is InChI=1S/C18H25N3O4S.ClH/c1-12(2)21-18(23)15-6-5-14(10-16(15)26(21,24)25)17(22)20-9-7-13-4-3-8-19-11-13;/h5-6,10,12-13,19H,3-4,7-9,11H2,1-2H3,(H,20,22);1H. The Kier molecular flexibility index (Phi) is 6.88. The quantitative estimate of drug-likeness (QED) is 0.764. The molecule has 9 heteroatoms. The SMILES string of the molecule is CC(C)N1C(=O)c2ccc(C(=O)NCCC3CCCNC3)cc2S1(=O)=O.Cl. The van der Waals surface area contributed by atoms with Crippen molar-refractivity contribution in [1.29, 1.82) is 0 Å². The fourth-order valence-corrected chi connectivity index (χ4v) is 5.35. The van der Waals surface area contributed by atoms with E-state index in [0.717, 1.165) is 36.7 Å². The van der Waals surface area contributed by atoms with Gasteiger partial charge in [-0.2, -0.15) is 0 Å². The molecule has 0 aliphatic carbocycles. The number of sulfonamides is 1. The highest BCUT2D eigenvalue weighted by molar-refractivity contribution is 7.90. The number of carbonyl (C=O) groups is 2. The molecule has 1 saturated heterocycles. The molecule has 1 aromatic rings. The van der Waals surface area contributed by atoms with Crippen LogP contribution in [0.4, 0.5) is 0 Å². The van der Waals surface area contributed by atoms with Crippen LogP contribution in [0.1, 0.15) is 53.8 Å². The van der Waals surface area contributed by atoms with Gasteiger partial charge in [0.1, 0.15) is 4.90 Å². The van der Waals surface area contributed by atoms with Crippen LogP contribution in [-0.4, -0.2) is 50.2 Å². The Morgan fingerprint density at radius 1 is 1.37 bits per heavy atom. The molecule has 27 heavy (non-hydrogen) atoms. The molecule has 1 fully saturated rings. The largest absolute Gasteiger partial charge is 0.352 e. The summed E-state index contributed by atoms with van der Waals surface area (Å²) in [5.41, 5.74) is 0.385. The molecular formula is C18H26ClN3O4S. The van der Waals surface area contributed by atoms with Gasteiger partial charge in [-0.05, 0) is 70.3 Å². The van der Waals surface area contributed by atoms with Gasteiger partial charge in [0.2, 0.25) is 0 Å². The Balaban J connectivity index is 0.00000261. The third-order valence-corrected chi connectivity index (χ3v) is 6.92. The molecule has 1 aromatic carbocycles. The molecule has 3 rings (SSSR count). The Bertz CT molecular complexity index is 820. The van der Waals surface area contributed by atoms with Gasteiger partial charge in [-0.3, -0.25) is 9.59 Å². The second kappa shape index (κ2) is 8.58. The fraction of sp³-hybridized carbons (Fsp3) is 0.556. The average Bonchev–Trinajstić information content (AvgIpc) is 2.81. The van der Waals surface area contributed by atoms with Gasteiger partial charge in [0, 0.05) is 18.2 Å². The minimum absolute atomic E-state index is 0. The summed E-state index contributed by atoms with van der Waals surface area (Å²) >= 11 is 0. The van der Waals surface area contributed by atoms with E-state index in [2.05, 4.69) is 10.6 Å². The number of hydrogen-bond donors (Lipinski definition) is 2. The van der Waals surface area contributed by atoms with Gasteiger partial charge in [-0.1, -0.05) is 0 Å². The Morgan fingerprint density at radius 2 is 2.11 bits per heavy atom. The smallest absolute Gasteiger partial charge is 0.269 e. The second-order valence-electron chi connectivity index (χ2n) is 7.17. The average molecular weight is 416 g/mol. The van der Waals surface area contributed by atoms with Gasteiger partial charge in [0.25, 0.3) is 21.8 Å². The summed E-state index contributed by atoms with van der Waals surface area (Å²) in [6, 6.07) is 3.77. The van der Waals surface area contributed by atoms with Crippen molar-refractivity contribution >= 4 is 34.2 Å². The molecule has 0 spiro atoms. The van der Waals surface area contributed by atoms with Gasteiger partial charge in [-0.25, -0.2) is 12.7 Å². The number of nitrogens with zero attached hydrogens (tertiary/aromatic N) is 1. The number of carbonyl (C=O) groups excluding carboxylic acids is 2. The molecule has 2 N–H and O–H groups in total. The maximum Gasteiger partial charge on any atom is 0.269 e. The zero-order valence-corrected chi connectivity index (χ0v) is 17.2. The van der Waals surface area contributed by atoms with E-state index < -0.39 is 22.0 Å². The van der Waals surface area contributed by atoms with Gasteiger partial charge < -0.3 is 10.6 Å². The molecule has 2 aliphatic rings. The molecule has 1 unspecified atom stereocenters. The van der Waals surface area contributed by atoms with Crippen molar-refractivity contribution in [3.63, 3.8) is 0 Å². The summed E-state index contributed by atoms with van der Waals surface area (Å²) in [5.74, 6) is -0.296. The highest BCUT2D eigenvalue weighted by Gasteiger charge is 2.42. The molecule has 150 valence electrons. The predicted octanol–water partition coefficient (Wildman–Crippen LogP) is 1.78. The maximum atomic E-state index is 12.6. The van der Waals surface area contributed by atoms with E-state index in [1.54, 1.807) is 13.8 Å². The first-order valence-electron chi connectivity index (χ1n) is 9.04. The monoisotopic (exact) mass is 415 g/mol. The zero-order valence-electron chi connectivity index (χ0n) is 15.5. The molecule has 2 heterocycles. The Morgan fingerprint density at radius 3 is 2.74 bits per heavy atom. The van der Waals surface area contributed by atoms with Gasteiger partial charge in [0.15, 0.2) is 0 Å². The van der Waals surface area contributed by atoms with E-state index in [-0.39, 0.29) is 34.3 Å². The van der Waals surface area contributed by atoms with Crippen molar-refractivity contribution in [1.82, 2.24) is 14.9 Å². The number of nitrogens with one attached hydrogen (secondary N) is 2. The normalized spacial score (nSPS) is 20.9. The molecule has 0 bridgehead atoms. The van der Waals surface area contributed by atoms with E-state index in [1.165, 1.54) is 18.2 Å². The van der Waals surface area contributed by atoms with Crippen LogP contribution in [0.2, 0.25) is 0 Å². The van der Waals surface area contributed by atoms with E-state index in [4.69, 9.17) is 0 Å². The maximum absolute atomic E-state index is 12.6. The van der Waals surface area contributed by atoms with Crippen molar-refractivity contribution < 1.29 is 18.0 Å². The number of halogens is 1. The first kappa shape index (κ1) is 21.7. The van der Waals surface area contributed by atoms with Crippen LogP contribution < -0.4 is 10.6 Å². The third-order valence-electron chi connectivity index (χ3n) is 4.92. The van der Waals surface area contributed by atoms with Gasteiger partial charge in [-0.15, -0.1) is 12.4 Å². The van der Waals surface area contributed by atoms with E-state index in [1.807, 2.05) is 0 Å². The summed E-state index contributed by atoms with van der Waals surface area (Å²) < 4.78 is 26.1. The van der Waals surface area contributed by atoms with Crippen molar-refractivity contribution in [2.24, 2.45) is 5.92 Å². The highest BCUT2D eigenvalue weighted by atomic mass is 35.5. The lowest BCUT2D eigenvalue weighted by Gasteiger charge is -2.22. The molecule has 2 amide bonds. The molecule has 0 radical (unpaired) electrons. The van der Waals surface area contributed by atoms with Crippen LogP contribution >= 0.6 is 12.4 Å². The first-order chi connectivity index (χ1) is 12.3. The van der Waals surface area contributed by atoms with Crippen LogP contribution in [0, 0.1) is 5.92 Å². The van der Waals surface area contributed by atoms with Crippen molar-refractivity contribution in [3.8, 4) is 0 Å². The topological polar surface area (TPSA) is 95.6 Å². The number of hydrogen-bond acceptors (Lipinski definition) is 5. The number of fused-ring (bicyclic) bond motifs is 1. The van der Waals surface area contributed by atoms with Crippen molar-refractivity contribution in [2.75, 3.05) is 19.6 Å². The summed E-state index contributed by atoms with van der Waals surface area (Å²) in [5, 5.41) is 6.19. The van der Waals surface area contributed by atoms with Crippen LogP contribution in [0.5, 0.6) is 0 Å². The number of rotatable bonds is 5. The number of piperidine rings is 1. The van der Waals surface area contributed by atoms with Gasteiger partial charge >= 0.3 is 0 Å². The van der Waals surface area contributed by atoms with Crippen molar-refractivity contribution in [2.45, 2.75) is 44.0 Å². The van der Waals surface area contributed by atoms with Gasteiger partial charge in [0.05, 0.1) is 5.56 Å². The Labute approximate surface area is 166 Å². The van der Waals surface area contributed by atoms with Crippen LogP contribution in [0.3, 0.4) is 0 Å². The van der Waals surface area contributed by atoms with Crippen LogP contribution in [0.25, 0.3) is 0 Å². The Hall–Kier alpha value is -1.64. The summed E-state index contributed by atoms with van der Waals surface area (Å²) in [7, 11) is -3.89. The molecule has 7 nitrogen and oxygen atoms in total.